The molecule has 0 bridgehead atoms. The Balaban J connectivity index is 2.11. The summed E-state index contributed by atoms with van der Waals surface area (Å²) in [5.41, 5.74) is 2.46. The molecule has 2 aromatic carbocycles. The van der Waals surface area contributed by atoms with E-state index in [1.165, 1.54) is 34.7 Å². The summed E-state index contributed by atoms with van der Waals surface area (Å²) in [5, 5.41) is 4.13. The van der Waals surface area contributed by atoms with Gasteiger partial charge in [-0.2, -0.15) is 0 Å². The van der Waals surface area contributed by atoms with Gasteiger partial charge in [-0.15, -0.1) is 0 Å². The standard InChI is InChI=1S/C21H24NO8P/c1-6-31(23,24)30-17-9-13(7-8-16(17)25-2)15-12-29-22-20(15)14-10-18(26-3)21(28-5)19(11-14)27-4/h7-12H,6H2,1-5H3,(H,23,24). The van der Waals surface area contributed by atoms with Crippen molar-refractivity contribution in [1.82, 2.24) is 5.16 Å². The maximum absolute atomic E-state index is 12.1. The van der Waals surface area contributed by atoms with Gasteiger partial charge in [0, 0.05) is 11.1 Å². The second-order valence-corrected chi connectivity index (χ2v) is 8.49. The smallest absolute Gasteiger partial charge is 0.376 e. The molecule has 0 saturated carbocycles. The van der Waals surface area contributed by atoms with Crippen LogP contribution in [0.1, 0.15) is 6.92 Å². The van der Waals surface area contributed by atoms with Crippen LogP contribution in [0.3, 0.4) is 0 Å². The van der Waals surface area contributed by atoms with Crippen LogP contribution in [0.5, 0.6) is 28.7 Å². The molecule has 0 spiro atoms. The minimum atomic E-state index is -3.80. The Morgan fingerprint density at radius 1 is 0.903 bits per heavy atom. The third-order valence-electron chi connectivity index (χ3n) is 4.62. The van der Waals surface area contributed by atoms with Gasteiger partial charge in [0.25, 0.3) is 0 Å². The highest BCUT2D eigenvalue weighted by molar-refractivity contribution is 7.53. The molecular formula is C21H24NO8P. The van der Waals surface area contributed by atoms with Gasteiger partial charge in [-0.25, -0.2) is 4.57 Å². The van der Waals surface area contributed by atoms with E-state index in [2.05, 4.69) is 5.16 Å². The van der Waals surface area contributed by atoms with Crippen LogP contribution in [0.4, 0.5) is 0 Å². The molecule has 166 valence electrons. The Labute approximate surface area is 180 Å². The summed E-state index contributed by atoms with van der Waals surface area (Å²) in [6.07, 6.45) is 1.44. The molecule has 1 N–H and O–H groups in total. The third kappa shape index (κ3) is 4.62. The number of aromatic nitrogens is 1. The van der Waals surface area contributed by atoms with Gasteiger partial charge in [-0.05, 0) is 29.8 Å². The van der Waals surface area contributed by atoms with E-state index in [9.17, 15) is 9.46 Å². The highest BCUT2D eigenvalue weighted by Gasteiger charge is 2.23. The second kappa shape index (κ2) is 9.32. The summed E-state index contributed by atoms with van der Waals surface area (Å²) in [6.45, 7) is 1.57. The van der Waals surface area contributed by atoms with Crippen LogP contribution in [0.15, 0.2) is 41.1 Å². The first-order valence-electron chi connectivity index (χ1n) is 9.32. The first-order valence-corrected chi connectivity index (χ1v) is 11.1. The van der Waals surface area contributed by atoms with Gasteiger partial charge in [0.05, 0.1) is 34.6 Å². The Morgan fingerprint density at radius 3 is 2.06 bits per heavy atom. The third-order valence-corrected chi connectivity index (χ3v) is 5.90. The minimum Gasteiger partial charge on any atom is -0.493 e. The van der Waals surface area contributed by atoms with Crippen molar-refractivity contribution in [3.63, 3.8) is 0 Å². The predicted octanol–water partition coefficient (Wildman–Crippen LogP) is 4.63. The fraction of sp³-hybridized carbons (Fsp3) is 0.286. The number of ether oxygens (including phenoxy) is 4. The molecule has 10 heteroatoms. The summed E-state index contributed by atoms with van der Waals surface area (Å²) in [5.74, 6) is 1.86. The summed E-state index contributed by atoms with van der Waals surface area (Å²) < 4.78 is 44.2. The van der Waals surface area contributed by atoms with E-state index >= 15 is 0 Å². The van der Waals surface area contributed by atoms with Crippen LogP contribution in [-0.2, 0) is 4.57 Å². The fourth-order valence-electron chi connectivity index (χ4n) is 3.00. The van der Waals surface area contributed by atoms with Crippen LogP contribution in [0, 0.1) is 0 Å². The SMILES string of the molecule is CCP(=O)(O)Oc1cc(-c2conc2-c2cc(OC)c(OC)c(OC)c2)ccc1OC. The molecule has 31 heavy (non-hydrogen) atoms. The molecule has 0 aliphatic rings. The lowest BCUT2D eigenvalue weighted by Gasteiger charge is -2.16. The molecule has 3 aromatic rings. The minimum absolute atomic E-state index is 0.0374. The summed E-state index contributed by atoms with van der Waals surface area (Å²) >= 11 is 0. The van der Waals surface area contributed by atoms with Gasteiger partial charge in [0.15, 0.2) is 23.0 Å². The van der Waals surface area contributed by atoms with Crippen LogP contribution < -0.4 is 23.5 Å². The molecule has 1 unspecified atom stereocenters. The Bertz CT molecular complexity index is 1090. The van der Waals surface area contributed by atoms with Crippen molar-refractivity contribution in [2.24, 2.45) is 0 Å². The normalized spacial score (nSPS) is 12.7. The quantitative estimate of drug-likeness (QED) is 0.468. The van der Waals surface area contributed by atoms with E-state index in [0.717, 1.165) is 0 Å². The highest BCUT2D eigenvalue weighted by Crippen LogP contribution is 2.47. The lowest BCUT2D eigenvalue weighted by atomic mass is 10.0. The van der Waals surface area contributed by atoms with Gasteiger partial charge >= 0.3 is 7.60 Å². The molecule has 1 heterocycles. The van der Waals surface area contributed by atoms with Gasteiger partial charge in [0.2, 0.25) is 5.75 Å². The molecule has 1 atom stereocenters. The van der Waals surface area contributed by atoms with E-state index < -0.39 is 7.60 Å². The molecule has 0 fully saturated rings. The number of hydrogen-bond donors (Lipinski definition) is 1. The van der Waals surface area contributed by atoms with Crippen LogP contribution in [-0.4, -0.2) is 44.7 Å². The van der Waals surface area contributed by atoms with Crippen molar-refractivity contribution in [3.8, 4) is 51.1 Å². The van der Waals surface area contributed by atoms with Crippen molar-refractivity contribution in [3.05, 3.63) is 36.6 Å². The number of methoxy groups -OCH3 is 4. The molecule has 1 aromatic heterocycles. The zero-order chi connectivity index (χ0) is 22.6. The van der Waals surface area contributed by atoms with Crippen molar-refractivity contribution in [2.45, 2.75) is 6.92 Å². The molecule has 0 saturated heterocycles. The second-order valence-electron chi connectivity index (χ2n) is 6.40. The predicted molar refractivity (Wildman–Crippen MR) is 115 cm³/mol. The zero-order valence-electron chi connectivity index (χ0n) is 17.9. The summed E-state index contributed by atoms with van der Waals surface area (Å²) in [4.78, 5) is 9.92. The Hall–Kier alpha value is -3.16. The van der Waals surface area contributed by atoms with Crippen molar-refractivity contribution < 1.29 is 37.5 Å². The van der Waals surface area contributed by atoms with E-state index in [-0.39, 0.29) is 11.9 Å². The first kappa shape index (κ1) is 22.5. The maximum atomic E-state index is 12.1. The van der Waals surface area contributed by atoms with Gasteiger partial charge < -0.3 is 32.9 Å². The van der Waals surface area contributed by atoms with Crippen molar-refractivity contribution >= 4 is 7.60 Å². The molecule has 0 radical (unpaired) electrons. The Morgan fingerprint density at radius 2 is 1.52 bits per heavy atom. The molecule has 0 amide bonds. The van der Waals surface area contributed by atoms with E-state index in [0.29, 0.717) is 45.4 Å². The van der Waals surface area contributed by atoms with E-state index in [1.807, 2.05) is 0 Å². The topological polar surface area (TPSA) is 109 Å². The molecule has 3 rings (SSSR count). The number of hydrogen-bond acceptors (Lipinski definition) is 8. The lowest BCUT2D eigenvalue weighted by molar-refractivity contribution is 0.324. The van der Waals surface area contributed by atoms with E-state index in [1.54, 1.807) is 37.3 Å². The average molecular weight is 449 g/mol. The largest absolute Gasteiger partial charge is 0.493 e. The maximum Gasteiger partial charge on any atom is 0.376 e. The number of benzene rings is 2. The molecule has 0 aliphatic heterocycles. The Kier molecular flexibility index (Phi) is 6.77. The van der Waals surface area contributed by atoms with Gasteiger partial charge in [-0.3, -0.25) is 0 Å². The summed E-state index contributed by atoms with van der Waals surface area (Å²) in [7, 11) is 2.23. The van der Waals surface area contributed by atoms with E-state index in [4.69, 9.17) is 28.0 Å². The fourth-order valence-corrected chi connectivity index (χ4v) is 3.58. The molecule has 9 nitrogen and oxygen atoms in total. The van der Waals surface area contributed by atoms with Gasteiger partial charge in [-0.1, -0.05) is 18.1 Å². The average Bonchev–Trinajstić information content (AvgIpc) is 3.27. The monoisotopic (exact) mass is 449 g/mol. The molecule has 0 aliphatic carbocycles. The number of rotatable bonds is 9. The van der Waals surface area contributed by atoms with Crippen LogP contribution in [0.2, 0.25) is 0 Å². The van der Waals surface area contributed by atoms with Crippen molar-refractivity contribution in [1.29, 1.82) is 0 Å². The zero-order valence-corrected chi connectivity index (χ0v) is 18.8. The summed E-state index contributed by atoms with van der Waals surface area (Å²) in [6, 6.07) is 8.52. The van der Waals surface area contributed by atoms with Crippen molar-refractivity contribution in [2.75, 3.05) is 34.6 Å². The van der Waals surface area contributed by atoms with Crippen LogP contribution >= 0.6 is 7.60 Å². The van der Waals surface area contributed by atoms with Crippen LogP contribution in [0.25, 0.3) is 22.4 Å². The molecular weight excluding hydrogens is 425 g/mol. The lowest BCUT2D eigenvalue weighted by Crippen LogP contribution is -1.97. The number of nitrogens with zero attached hydrogens (tertiary/aromatic N) is 1. The van der Waals surface area contributed by atoms with Gasteiger partial charge in [0.1, 0.15) is 12.0 Å². The highest BCUT2D eigenvalue weighted by atomic mass is 31.2. The first-order chi connectivity index (χ1) is 14.9.